The van der Waals surface area contributed by atoms with Crippen LogP contribution in [0.25, 0.3) is 60.5 Å². The molecule has 2 heterocycles. The largest absolute Gasteiger partial charge is 0.440 e. The van der Waals surface area contributed by atoms with Gasteiger partial charge in [-0.2, -0.15) is 0 Å². The van der Waals surface area contributed by atoms with E-state index in [9.17, 15) is 0 Å². The maximum absolute atomic E-state index is 6.17. The fourth-order valence-electron chi connectivity index (χ4n) is 6.74. The Bertz CT molecular complexity index is 2380. The standard InChI is InChI=1S/C41H28N2O/c1-2-8-27(9-3-1)28-18-21-32(22-19-28)43(34-25-38-36-12-6-7-13-39(36)44-41(38)42-26-34)33-23-20-30-15-17-31-16-14-29-10-4-5-11-35(29)40(31)37(30)24-33/h1-25,42H,26H2. The van der Waals surface area contributed by atoms with Crippen LogP contribution in [0.4, 0.5) is 17.3 Å². The summed E-state index contributed by atoms with van der Waals surface area (Å²) in [6, 6.07) is 52.2. The smallest absolute Gasteiger partial charge is 0.201 e. The van der Waals surface area contributed by atoms with E-state index in [0.717, 1.165) is 39.5 Å². The fraction of sp³-hybridized carbons (Fsp3) is 0.0244. The van der Waals surface area contributed by atoms with Gasteiger partial charge in [-0.25, -0.2) is 0 Å². The van der Waals surface area contributed by atoms with Gasteiger partial charge in [-0.15, -0.1) is 0 Å². The highest BCUT2D eigenvalue weighted by Crippen LogP contribution is 2.41. The minimum Gasteiger partial charge on any atom is -0.440 e. The Morgan fingerprint density at radius 3 is 2.00 bits per heavy atom. The minimum atomic E-state index is 0.643. The van der Waals surface area contributed by atoms with Crippen molar-refractivity contribution >= 4 is 66.6 Å². The SMILES string of the molecule is C1=C(N(c2ccc(-c3ccccc3)cc2)c2ccc3ccc4ccc5ccccc5c4c3c2)CNc2oc3ccccc3c21. The zero-order chi connectivity index (χ0) is 29.0. The van der Waals surface area contributed by atoms with E-state index in [1.807, 2.05) is 12.1 Å². The zero-order valence-electron chi connectivity index (χ0n) is 24.0. The fourth-order valence-corrected chi connectivity index (χ4v) is 6.74. The number of rotatable bonds is 4. The van der Waals surface area contributed by atoms with Crippen molar-refractivity contribution in [2.45, 2.75) is 0 Å². The second-order valence-corrected chi connectivity index (χ2v) is 11.4. The summed E-state index contributed by atoms with van der Waals surface area (Å²) >= 11 is 0. The van der Waals surface area contributed by atoms with Crippen molar-refractivity contribution in [2.24, 2.45) is 0 Å². The number of nitrogens with one attached hydrogen (secondary N) is 1. The van der Waals surface area contributed by atoms with Gasteiger partial charge in [-0.05, 0) is 79.9 Å². The molecule has 7 aromatic carbocycles. The number of nitrogens with zero attached hydrogens (tertiary/aromatic N) is 1. The molecule has 0 fully saturated rings. The van der Waals surface area contributed by atoms with Crippen molar-refractivity contribution in [1.29, 1.82) is 0 Å². The van der Waals surface area contributed by atoms with E-state index in [1.165, 1.54) is 43.4 Å². The van der Waals surface area contributed by atoms with Crippen LogP contribution in [0.5, 0.6) is 0 Å². The predicted molar refractivity (Wildman–Crippen MR) is 186 cm³/mol. The van der Waals surface area contributed by atoms with Gasteiger partial charge in [0.15, 0.2) is 0 Å². The van der Waals surface area contributed by atoms with Gasteiger partial charge in [-0.3, -0.25) is 0 Å². The lowest BCUT2D eigenvalue weighted by molar-refractivity contribution is 0.626. The molecule has 0 saturated heterocycles. The summed E-state index contributed by atoms with van der Waals surface area (Å²) in [7, 11) is 0. The van der Waals surface area contributed by atoms with Gasteiger partial charge in [0.1, 0.15) is 5.58 Å². The van der Waals surface area contributed by atoms with Crippen molar-refractivity contribution in [1.82, 2.24) is 0 Å². The first-order valence-corrected chi connectivity index (χ1v) is 15.1. The molecule has 44 heavy (non-hydrogen) atoms. The third kappa shape index (κ3) is 3.98. The van der Waals surface area contributed by atoms with Crippen LogP contribution in [0, 0.1) is 0 Å². The third-order valence-corrected chi connectivity index (χ3v) is 8.86. The Balaban J connectivity index is 1.26. The van der Waals surface area contributed by atoms with Crippen LogP contribution in [0.2, 0.25) is 0 Å². The van der Waals surface area contributed by atoms with Gasteiger partial charge in [0, 0.05) is 28.0 Å². The van der Waals surface area contributed by atoms with Crippen LogP contribution < -0.4 is 10.2 Å². The van der Waals surface area contributed by atoms with E-state index in [-0.39, 0.29) is 0 Å². The molecule has 0 bridgehead atoms. The highest BCUT2D eigenvalue weighted by molar-refractivity contribution is 6.20. The van der Waals surface area contributed by atoms with Crippen LogP contribution in [0.15, 0.2) is 156 Å². The van der Waals surface area contributed by atoms with Crippen molar-refractivity contribution in [2.75, 3.05) is 16.8 Å². The topological polar surface area (TPSA) is 28.4 Å². The highest BCUT2D eigenvalue weighted by Gasteiger charge is 2.23. The minimum absolute atomic E-state index is 0.643. The van der Waals surface area contributed by atoms with Gasteiger partial charge < -0.3 is 14.6 Å². The molecular weight excluding hydrogens is 536 g/mol. The van der Waals surface area contributed by atoms with Gasteiger partial charge >= 0.3 is 0 Å². The van der Waals surface area contributed by atoms with E-state index in [2.05, 4.69) is 150 Å². The van der Waals surface area contributed by atoms with Crippen LogP contribution in [0.3, 0.4) is 0 Å². The molecule has 0 saturated carbocycles. The molecule has 0 spiro atoms. The molecule has 0 aliphatic carbocycles. The lowest BCUT2D eigenvalue weighted by atomic mass is 9.96. The average molecular weight is 565 g/mol. The number of furan rings is 1. The van der Waals surface area contributed by atoms with Crippen LogP contribution in [-0.2, 0) is 0 Å². The summed E-state index contributed by atoms with van der Waals surface area (Å²) in [6.45, 7) is 0.643. The summed E-state index contributed by atoms with van der Waals surface area (Å²) in [4.78, 5) is 2.38. The first-order chi connectivity index (χ1) is 21.8. The highest BCUT2D eigenvalue weighted by atomic mass is 16.3. The Morgan fingerprint density at radius 2 is 1.16 bits per heavy atom. The lowest BCUT2D eigenvalue weighted by Gasteiger charge is -2.30. The molecular formula is C41H28N2O. The van der Waals surface area contributed by atoms with E-state index in [1.54, 1.807) is 0 Å². The number of hydrogen-bond acceptors (Lipinski definition) is 3. The zero-order valence-corrected chi connectivity index (χ0v) is 24.0. The van der Waals surface area contributed by atoms with Gasteiger partial charge in [-0.1, -0.05) is 115 Å². The number of fused-ring (bicyclic) bond motifs is 8. The average Bonchev–Trinajstić information content (AvgIpc) is 3.47. The third-order valence-electron chi connectivity index (χ3n) is 8.86. The molecule has 1 aromatic heterocycles. The van der Waals surface area contributed by atoms with Gasteiger partial charge in [0.05, 0.1) is 6.54 Å². The van der Waals surface area contributed by atoms with Gasteiger partial charge in [0.2, 0.25) is 5.88 Å². The molecule has 208 valence electrons. The normalized spacial score (nSPS) is 12.8. The Morgan fingerprint density at radius 1 is 0.523 bits per heavy atom. The number of para-hydroxylation sites is 1. The summed E-state index contributed by atoms with van der Waals surface area (Å²) in [5, 5.41) is 12.2. The lowest BCUT2D eigenvalue weighted by Crippen LogP contribution is -2.24. The van der Waals surface area contributed by atoms with Crippen molar-refractivity contribution in [3.05, 3.63) is 157 Å². The summed E-state index contributed by atoms with van der Waals surface area (Å²) < 4.78 is 6.17. The molecule has 0 amide bonds. The van der Waals surface area contributed by atoms with E-state index >= 15 is 0 Å². The Labute approximate surface area is 255 Å². The maximum Gasteiger partial charge on any atom is 0.201 e. The number of benzene rings is 7. The maximum atomic E-state index is 6.17. The molecule has 3 heteroatoms. The summed E-state index contributed by atoms with van der Waals surface area (Å²) in [5.74, 6) is 0.824. The van der Waals surface area contributed by atoms with Crippen LogP contribution in [-0.4, -0.2) is 6.54 Å². The second-order valence-electron chi connectivity index (χ2n) is 11.4. The molecule has 0 atom stereocenters. The Kier molecular flexibility index (Phi) is 5.57. The summed E-state index contributed by atoms with van der Waals surface area (Å²) in [6.07, 6.45) is 2.28. The quantitative estimate of drug-likeness (QED) is 0.216. The number of anilines is 3. The first-order valence-electron chi connectivity index (χ1n) is 15.1. The molecule has 0 unspecified atom stereocenters. The van der Waals surface area contributed by atoms with E-state index in [0.29, 0.717) is 6.54 Å². The molecule has 1 aliphatic rings. The molecule has 9 rings (SSSR count). The molecule has 3 nitrogen and oxygen atoms in total. The first kappa shape index (κ1) is 24.8. The molecule has 1 N–H and O–H groups in total. The number of hydrogen-bond donors (Lipinski definition) is 1. The monoisotopic (exact) mass is 564 g/mol. The summed E-state index contributed by atoms with van der Waals surface area (Å²) in [5.41, 5.74) is 7.77. The molecule has 8 aromatic rings. The second kappa shape index (κ2) is 9.89. The molecule has 1 aliphatic heterocycles. The van der Waals surface area contributed by atoms with E-state index < -0.39 is 0 Å². The van der Waals surface area contributed by atoms with Crippen molar-refractivity contribution in [3.8, 4) is 11.1 Å². The molecule has 0 radical (unpaired) electrons. The van der Waals surface area contributed by atoms with Gasteiger partial charge in [0.25, 0.3) is 0 Å². The van der Waals surface area contributed by atoms with Crippen molar-refractivity contribution < 1.29 is 4.42 Å². The predicted octanol–water partition coefficient (Wildman–Crippen LogP) is 11.2. The Hall–Kier alpha value is -5.80. The van der Waals surface area contributed by atoms with Crippen LogP contribution >= 0.6 is 0 Å². The van der Waals surface area contributed by atoms with Crippen LogP contribution in [0.1, 0.15) is 5.56 Å². The van der Waals surface area contributed by atoms with Crippen molar-refractivity contribution in [3.63, 3.8) is 0 Å². The van der Waals surface area contributed by atoms with E-state index in [4.69, 9.17) is 4.42 Å².